The second-order valence-corrected chi connectivity index (χ2v) is 6.75. The third-order valence-electron chi connectivity index (χ3n) is 5.59. The molecule has 0 aromatic carbocycles. The summed E-state index contributed by atoms with van der Waals surface area (Å²) in [6.45, 7) is 4.93. The molecule has 104 valence electrons. The topological polar surface area (TPSA) is 26.7 Å². The lowest BCUT2D eigenvalue weighted by Gasteiger charge is -2.33. The highest BCUT2D eigenvalue weighted by Gasteiger charge is 2.41. The molecule has 18 heavy (non-hydrogen) atoms. The fourth-order valence-electron chi connectivity index (χ4n) is 4.35. The molecule has 3 aliphatic rings. The van der Waals surface area contributed by atoms with E-state index in [1.165, 1.54) is 51.7 Å². The summed E-state index contributed by atoms with van der Waals surface area (Å²) in [6.07, 6.45) is 7.82. The number of hydrogen-bond donors (Lipinski definition) is 1. The molecule has 3 fully saturated rings. The van der Waals surface area contributed by atoms with Gasteiger partial charge in [-0.3, -0.25) is 0 Å². The Kier molecular flexibility index (Phi) is 3.92. The highest BCUT2D eigenvalue weighted by atomic mass is 16.3. The van der Waals surface area contributed by atoms with Crippen LogP contribution in [0.2, 0.25) is 0 Å². The van der Waals surface area contributed by atoms with Crippen LogP contribution in [0.15, 0.2) is 0 Å². The van der Waals surface area contributed by atoms with E-state index in [0.717, 1.165) is 24.9 Å². The van der Waals surface area contributed by atoms with E-state index in [9.17, 15) is 5.11 Å². The number of hydrogen-bond acceptors (Lipinski definition) is 3. The van der Waals surface area contributed by atoms with Gasteiger partial charge in [0.05, 0.1) is 6.10 Å². The van der Waals surface area contributed by atoms with Crippen molar-refractivity contribution >= 4 is 0 Å². The molecule has 1 N–H and O–H groups in total. The van der Waals surface area contributed by atoms with Crippen LogP contribution in [0.4, 0.5) is 0 Å². The molecule has 2 aliphatic heterocycles. The van der Waals surface area contributed by atoms with E-state index in [-0.39, 0.29) is 6.10 Å². The molecule has 3 nitrogen and oxygen atoms in total. The minimum atomic E-state index is -0.00245. The lowest BCUT2D eigenvalue weighted by Crippen LogP contribution is -2.39. The molecule has 4 unspecified atom stereocenters. The molecule has 3 rings (SSSR count). The smallest absolute Gasteiger partial charge is 0.0583 e. The molecule has 0 bridgehead atoms. The zero-order chi connectivity index (χ0) is 12.5. The van der Waals surface area contributed by atoms with Crippen LogP contribution in [0.25, 0.3) is 0 Å². The summed E-state index contributed by atoms with van der Waals surface area (Å²) in [5, 5.41) is 9.94. The van der Waals surface area contributed by atoms with Crippen LogP contribution in [0.5, 0.6) is 0 Å². The Morgan fingerprint density at radius 3 is 2.78 bits per heavy atom. The fourth-order valence-corrected chi connectivity index (χ4v) is 4.35. The quantitative estimate of drug-likeness (QED) is 0.826. The van der Waals surface area contributed by atoms with Gasteiger partial charge in [-0.1, -0.05) is 6.42 Å². The third-order valence-corrected chi connectivity index (χ3v) is 5.59. The van der Waals surface area contributed by atoms with Crippen LogP contribution in [-0.4, -0.2) is 60.3 Å². The van der Waals surface area contributed by atoms with Crippen molar-refractivity contribution in [2.24, 2.45) is 11.8 Å². The van der Waals surface area contributed by atoms with Crippen molar-refractivity contribution in [3.05, 3.63) is 0 Å². The van der Waals surface area contributed by atoms with Crippen molar-refractivity contribution in [1.82, 2.24) is 9.80 Å². The third kappa shape index (κ3) is 2.59. The molecule has 3 heteroatoms. The van der Waals surface area contributed by atoms with Gasteiger partial charge in [0.15, 0.2) is 0 Å². The van der Waals surface area contributed by atoms with Gasteiger partial charge in [-0.25, -0.2) is 0 Å². The Bertz CT molecular complexity index is 284. The maximum absolute atomic E-state index is 9.94. The first-order valence-corrected chi connectivity index (χ1v) is 7.84. The number of nitrogens with zero attached hydrogens (tertiary/aromatic N) is 2. The van der Waals surface area contributed by atoms with Crippen LogP contribution in [-0.2, 0) is 0 Å². The summed E-state index contributed by atoms with van der Waals surface area (Å²) < 4.78 is 0. The Hall–Kier alpha value is -0.120. The largest absolute Gasteiger partial charge is 0.393 e. The summed E-state index contributed by atoms with van der Waals surface area (Å²) in [4.78, 5) is 5.16. The number of aliphatic hydroxyl groups is 1. The fraction of sp³-hybridized carbons (Fsp3) is 1.00. The van der Waals surface area contributed by atoms with Gasteiger partial charge in [0.2, 0.25) is 0 Å². The number of aliphatic hydroxyl groups excluding tert-OH is 1. The van der Waals surface area contributed by atoms with Crippen LogP contribution >= 0.6 is 0 Å². The summed E-state index contributed by atoms with van der Waals surface area (Å²) >= 11 is 0. The minimum Gasteiger partial charge on any atom is -0.393 e. The molecule has 0 radical (unpaired) electrons. The predicted octanol–water partition coefficient (Wildman–Crippen LogP) is 1.56. The summed E-state index contributed by atoms with van der Waals surface area (Å²) in [5.41, 5.74) is 0. The van der Waals surface area contributed by atoms with Gasteiger partial charge < -0.3 is 14.9 Å². The van der Waals surface area contributed by atoms with Crippen LogP contribution < -0.4 is 0 Å². The number of fused-ring (bicyclic) bond motifs is 1. The lowest BCUT2D eigenvalue weighted by molar-refractivity contribution is 0.120. The molecular weight excluding hydrogens is 224 g/mol. The van der Waals surface area contributed by atoms with E-state index in [1.807, 2.05) is 0 Å². The standard InChI is InChI=1S/C15H28N2O/c1-16-8-3-2-4-13(16)7-9-17-10-12-5-6-15(18)14(12)11-17/h12-15,18H,2-11H2,1H3. The summed E-state index contributed by atoms with van der Waals surface area (Å²) in [7, 11) is 2.28. The van der Waals surface area contributed by atoms with Gasteiger partial charge >= 0.3 is 0 Å². The Labute approximate surface area is 111 Å². The number of piperidine rings is 1. The van der Waals surface area contributed by atoms with Crippen molar-refractivity contribution in [3.8, 4) is 0 Å². The molecule has 1 aliphatic carbocycles. The van der Waals surface area contributed by atoms with Crippen LogP contribution in [0, 0.1) is 11.8 Å². The van der Waals surface area contributed by atoms with Gasteiger partial charge in [0.1, 0.15) is 0 Å². The Morgan fingerprint density at radius 1 is 1.11 bits per heavy atom. The van der Waals surface area contributed by atoms with Crippen molar-refractivity contribution in [3.63, 3.8) is 0 Å². The lowest BCUT2D eigenvalue weighted by atomic mass is 9.99. The van der Waals surface area contributed by atoms with Crippen molar-refractivity contribution in [2.75, 3.05) is 33.2 Å². The minimum absolute atomic E-state index is 0.00245. The summed E-state index contributed by atoms with van der Waals surface area (Å²) in [6, 6.07) is 0.809. The van der Waals surface area contributed by atoms with Crippen molar-refractivity contribution in [1.29, 1.82) is 0 Å². The maximum atomic E-state index is 9.94. The molecule has 2 saturated heterocycles. The van der Waals surface area contributed by atoms with Crippen LogP contribution in [0.3, 0.4) is 0 Å². The summed E-state index contributed by atoms with van der Waals surface area (Å²) in [5.74, 6) is 1.39. The normalized spacial score (nSPS) is 42.3. The number of likely N-dealkylation sites (tertiary alicyclic amines) is 2. The predicted molar refractivity (Wildman–Crippen MR) is 73.5 cm³/mol. The monoisotopic (exact) mass is 252 g/mol. The average molecular weight is 252 g/mol. The molecule has 0 aromatic heterocycles. The zero-order valence-electron chi connectivity index (χ0n) is 11.7. The van der Waals surface area contributed by atoms with Gasteiger partial charge in [-0.05, 0) is 58.2 Å². The molecule has 2 heterocycles. The first-order valence-electron chi connectivity index (χ1n) is 7.84. The SMILES string of the molecule is CN1CCCCC1CCN1CC2CCC(O)C2C1. The first kappa shape index (κ1) is 12.9. The van der Waals surface area contributed by atoms with E-state index in [0.29, 0.717) is 5.92 Å². The highest BCUT2D eigenvalue weighted by Crippen LogP contribution is 2.38. The highest BCUT2D eigenvalue weighted by molar-refractivity contribution is 4.93. The molecule has 0 spiro atoms. The first-order chi connectivity index (χ1) is 8.74. The molecule has 1 saturated carbocycles. The van der Waals surface area contributed by atoms with E-state index in [4.69, 9.17) is 0 Å². The Morgan fingerprint density at radius 2 is 2.00 bits per heavy atom. The van der Waals surface area contributed by atoms with E-state index >= 15 is 0 Å². The molecule has 0 amide bonds. The maximum Gasteiger partial charge on any atom is 0.0583 e. The van der Waals surface area contributed by atoms with E-state index in [2.05, 4.69) is 16.8 Å². The van der Waals surface area contributed by atoms with E-state index in [1.54, 1.807) is 0 Å². The second-order valence-electron chi connectivity index (χ2n) is 6.75. The molecular formula is C15H28N2O. The van der Waals surface area contributed by atoms with Crippen molar-refractivity contribution < 1.29 is 5.11 Å². The molecule has 4 atom stereocenters. The average Bonchev–Trinajstić information content (AvgIpc) is 2.91. The second kappa shape index (κ2) is 5.48. The Balaban J connectivity index is 1.44. The zero-order valence-corrected chi connectivity index (χ0v) is 11.7. The van der Waals surface area contributed by atoms with Gasteiger partial charge in [-0.15, -0.1) is 0 Å². The van der Waals surface area contributed by atoms with Gasteiger partial charge in [0.25, 0.3) is 0 Å². The van der Waals surface area contributed by atoms with E-state index < -0.39 is 0 Å². The van der Waals surface area contributed by atoms with Gasteiger partial charge in [0, 0.05) is 25.0 Å². The molecule has 0 aromatic rings. The number of rotatable bonds is 3. The van der Waals surface area contributed by atoms with Gasteiger partial charge in [-0.2, -0.15) is 0 Å². The van der Waals surface area contributed by atoms with Crippen LogP contribution in [0.1, 0.15) is 38.5 Å². The van der Waals surface area contributed by atoms with Crippen molar-refractivity contribution in [2.45, 2.75) is 50.7 Å².